The van der Waals surface area contributed by atoms with E-state index in [1.54, 1.807) is 18.2 Å². The van der Waals surface area contributed by atoms with Gasteiger partial charge in [0.1, 0.15) is 12.4 Å². The molecule has 0 aliphatic carbocycles. The highest BCUT2D eigenvalue weighted by Gasteiger charge is 2.36. The molecule has 2 aromatic rings. The summed E-state index contributed by atoms with van der Waals surface area (Å²) in [5, 5.41) is 1.75. The number of nitrogens with one attached hydrogen (secondary N) is 1. The van der Waals surface area contributed by atoms with Gasteiger partial charge in [-0.2, -0.15) is 0 Å². The summed E-state index contributed by atoms with van der Waals surface area (Å²) in [6.45, 7) is 1.71. The number of ether oxygens (including phenoxy) is 2. The van der Waals surface area contributed by atoms with E-state index in [0.29, 0.717) is 23.7 Å². The highest BCUT2D eigenvalue weighted by molar-refractivity contribution is 8.18. The topological polar surface area (TPSA) is 84.9 Å². The normalized spacial score (nSPS) is 14.8. The fourth-order valence-electron chi connectivity index (χ4n) is 2.80. The Morgan fingerprint density at radius 3 is 2.74 bits per heavy atom. The highest BCUT2D eigenvalue weighted by atomic mass is 35.5. The second-order valence-electron chi connectivity index (χ2n) is 6.26. The molecule has 31 heavy (non-hydrogen) atoms. The van der Waals surface area contributed by atoms with Gasteiger partial charge in [0.25, 0.3) is 11.1 Å². The number of rotatable bonds is 7. The zero-order chi connectivity index (χ0) is 22.5. The third kappa shape index (κ3) is 5.18. The molecule has 7 nitrogen and oxygen atoms in total. The van der Waals surface area contributed by atoms with Crippen LogP contribution in [0.1, 0.15) is 12.5 Å². The number of nitrogens with zero attached hydrogens (tertiary/aromatic N) is 1. The van der Waals surface area contributed by atoms with E-state index >= 15 is 0 Å². The number of hydrogen-bond donors (Lipinski definition) is 1. The number of imide groups is 1. The van der Waals surface area contributed by atoms with Crippen LogP contribution in [-0.2, 0) is 9.59 Å². The summed E-state index contributed by atoms with van der Waals surface area (Å²) >= 11 is 6.41. The molecule has 1 aliphatic rings. The van der Waals surface area contributed by atoms with Gasteiger partial charge < -0.3 is 14.8 Å². The number of para-hydroxylation sites is 1. The lowest BCUT2D eigenvalue weighted by atomic mass is 10.1. The number of benzene rings is 2. The van der Waals surface area contributed by atoms with Crippen LogP contribution in [0.4, 0.5) is 14.9 Å². The molecule has 0 atom stereocenters. The van der Waals surface area contributed by atoms with E-state index in [9.17, 15) is 18.8 Å². The van der Waals surface area contributed by atoms with E-state index in [2.05, 4.69) is 5.32 Å². The van der Waals surface area contributed by atoms with Crippen molar-refractivity contribution in [2.45, 2.75) is 6.92 Å². The van der Waals surface area contributed by atoms with Crippen LogP contribution >= 0.6 is 23.4 Å². The monoisotopic (exact) mass is 464 g/mol. The van der Waals surface area contributed by atoms with Gasteiger partial charge >= 0.3 is 0 Å². The number of hydrogen-bond acceptors (Lipinski definition) is 6. The number of halogens is 2. The largest absolute Gasteiger partial charge is 0.493 e. The predicted octanol–water partition coefficient (Wildman–Crippen LogP) is 4.56. The highest BCUT2D eigenvalue weighted by Crippen LogP contribution is 2.37. The van der Waals surface area contributed by atoms with Gasteiger partial charge in [0.05, 0.1) is 23.6 Å². The first kappa shape index (κ1) is 22.6. The standard InChI is InChI=1S/C21H18ClFN2O5S/c1-3-30-19-12(5-4-6-16(19)29-2)9-17-20(27)25(21(28)31-17)11-18(26)24-13-7-8-15(23)14(22)10-13/h4-10H,3,11H2,1-2H3,(H,24,26)/b17-9+. The first-order valence-electron chi connectivity index (χ1n) is 9.14. The van der Waals surface area contributed by atoms with Gasteiger partial charge in [0, 0.05) is 11.3 Å². The van der Waals surface area contributed by atoms with Crippen LogP contribution in [0.5, 0.6) is 11.5 Å². The summed E-state index contributed by atoms with van der Waals surface area (Å²) in [6.07, 6.45) is 1.52. The Morgan fingerprint density at radius 1 is 1.29 bits per heavy atom. The van der Waals surface area contributed by atoms with Gasteiger partial charge in [0.15, 0.2) is 11.5 Å². The first-order valence-corrected chi connectivity index (χ1v) is 10.3. The molecule has 0 aromatic heterocycles. The third-order valence-corrected chi connectivity index (χ3v) is 5.38. The molecule has 0 radical (unpaired) electrons. The number of methoxy groups -OCH3 is 1. The summed E-state index contributed by atoms with van der Waals surface area (Å²) in [7, 11) is 1.50. The lowest BCUT2D eigenvalue weighted by Gasteiger charge is -2.13. The second-order valence-corrected chi connectivity index (χ2v) is 7.66. The Morgan fingerprint density at radius 2 is 2.06 bits per heavy atom. The van der Waals surface area contributed by atoms with Gasteiger partial charge in [-0.25, -0.2) is 4.39 Å². The van der Waals surface area contributed by atoms with Crippen molar-refractivity contribution in [3.05, 3.63) is 57.7 Å². The maximum Gasteiger partial charge on any atom is 0.294 e. The Bertz CT molecular complexity index is 1080. The van der Waals surface area contributed by atoms with Gasteiger partial charge in [-0.3, -0.25) is 19.3 Å². The minimum absolute atomic E-state index is 0.150. The number of thioether (sulfide) groups is 1. The molecule has 1 saturated heterocycles. The molecule has 1 fully saturated rings. The Labute approximate surface area is 187 Å². The van der Waals surface area contributed by atoms with Crippen LogP contribution in [0.3, 0.4) is 0 Å². The maximum atomic E-state index is 13.2. The molecule has 1 heterocycles. The summed E-state index contributed by atoms with van der Waals surface area (Å²) < 4.78 is 24.1. The molecule has 2 aromatic carbocycles. The SMILES string of the molecule is CCOc1c(/C=C2/SC(=O)N(CC(=O)Nc3ccc(F)c(Cl)c3)C2=O)cccc1OC. The molecular formula is C21H18ClFN2O5S. The van der Waals surface area contributed by atoms with Crippen molar-refractivity contribution in [3.63, 3.8) is 0 Å². The van der Waals surface area contributed by atoms with Gasteiger partial charge in [0.2, 0.25) is 5.91 Å². The number of carbonyl (C=O) groups is 3. The van der Waals surface area contributed by atoms with E-state index in [1.807, 2.05) is 6.92 Å². The van der Waals surface area contributed by atoms with Crippen LogP contribution in [0.2, 0.25) is 5.02 Å². The Hall–Kier alpha value is -3.04. The molecule has 0 spiro atoms. The second kappa shape index (κ2) is 9.84. The molecule has 1 aliphatic heterocycles. The van der Waals surface area contributed by atoms with Crippen molar-refractivity contribution in [2.24, 2.45) is 0 Å². The molecule has 3 amide bonds. The fourth-order valence-corrected chi connectivity index (χ4v) is 3.81. The molecule has 0 unspecified atom stereocenters. The van der Waals surface area contributed by atoms with Crippen molar-refractivity contribution < 1.29 is 28.2 Å². The molecule has 1 N–H and O–H groups in total. The summed E-state index contributed by atoms with van der Waals surface area (Å²) in [4.78, 5) is 38.3. The summed E-state index contributed by atoms with van der Waals surface area (Å²) in [5.41, 5.74) is 0.814. The summed E-state index contributed by atoms with van der Waals surface area (Å²) in [6, 6.07) is 8.85. The molecule has 10 heteroatoms. The van der Waals surface area contributed by atoms with Crippen LogP contribution < -0.4 is 14.8 Å². The van der Waals surface area contributed by atoms with Gasteiger partial charge in [-0.1, -0.05) is 23.7 Å². The van der Waals surface area contributed by atoms with E-state index in [0.717, 1.165) is 22.7 Å². The Balaban J connectivity index is 1.76. The first-order chi connectivity index (χ1) is 14.8. The van der Waals surface area contributed by atoms with Crippen LogP contribution in [-0.4, -0.2) is 42.2 Å². The van der Waals surface area contributed by atoms with E-state index in [4.69, 9.17) is 21.1 Å². The Kier molecular flexibility index (Phi) is 7.19. The molecule has 3 rings (SSSR count). The summed E-state index contributed by atoms with van der Waals surface area (Å²) in [5.74, 6) is -0.910. The van der Waals surface area contributed by atoms with Crippen molar-refractivity contribution in [2.75, 3.05) is 25.6 Å². The van der Waals surface area contributed by atoms with Crippen molar-refractivity contribution in [3.8, 4) is 11.5 Å². The van der Waals surface area contributed by atoms with Crippen molar-refractivity contribution in [1.29, 1.82) is 0 Å². The molecule has 0 saturated carbocycles. The number of anilines is 1. The quantitative estimate of drug-likeness (QED) is 0.604. The van der Waals surface area contributed by atoms with E-state index in [1.165, 1.54) is 25.3 Å². The van der Waals surface area contributed by atoms with Crippen LogP contribution in [0.15, 0.2) is 41.3 Å². The van der Waals surface area contributed by atoms with Crippen LogP contribution in [0.25, 0.3) is 6.08 Å². The van der Waals surface area contributed by atoms with Crippen LogP contribution in [0, 0.1) is 5.82 Å². The minimum atomic E-state index is -0.625. The van der Waals surface area contributed by atoms with Crippen molar-refractivity contribution >= 4 is 52.2 Å². The third-order valence-electron chi connectivity index (χ3n) is 4.18. The number of amides is 3. The predicted molar refractivity (Wildman–Crippen MR) is 117 cm³/mol. The van der Waals surface area contributed by atoms with Gasteiger partial charge in [-0.15, -0.1) is 0 Å². The fraction of sp³-hybridized carbons (Fsp3) is 0.190. The lowest BCUT2D eigenvalue weighted by molar-refractivity contribution is -0.127. The molecular weight excluding hydrogens is 447 g/mol. The zero-order valence-electron chi connectivity index (χ0n) is 16.6. The maximum absolute atomic E-state index is 13.2. The number of carbonyl (C=O) groups excluding carboxylic acids is 3. The zero-order valence-corrected chi connectivity index (χ0v) is 18.2. The van der Waals surface area contributed by atoms with E-state index in [-0.39, 0.29) is 15.6 Å². The minimum Gasteiger partial charge on any atom is -0.493 e. The van der Waals surface area contributed by atoms with Gasteiger partial charge in [-0.05, 0) is 49.0 Å². The average Bonchev–Trinajstić information content (AvgIpc) is 2.99. The average molecular weight is 465 g/mol. The smallest absolute Gasteiger partial charge is 0.294 e. The molecule has 162 valence electrons. The van der Waals surface area contributed by atoms with Crippen molar-refractivity contribution in [1.82, 2.24) is 4.90 Å². The van der Waals surface area contributed by atoms with E-state index < -0.39 is 29.4 Å². The molecule has 0 bridgehead atoms. The lowest BCUT2D eigenvalue weighted by Crippen LogP contribution is -2.36.